The van der Waals surface area contributed by atoms with Crippen molar-refractivity contribution in [1.82, 2.24) is 20.2 Å². The lowest BCUT2D eigenvalue weighted by atomic mass is 9.95. The van der Waals surface area contributed by atoms with Crippen molar-refractivity contribution in [3.63, 3.8) is 0 Å². The highest BCUT2D eigenvalue weighted by Crippen LogP contribution is 2.38. The molecular formula is C26H36N6O3S. The zero-order chi connectivity index (χ0) is 25.9. The second-order valence-electron chi connectivity index (χ2n) is 10.5. The number of carbonyl (C=O) groups excluding carboxylic acids is 1. The molecule has 1 saturated heterocycles. The van der Waals surface area contributed by atoms with Gasteiger partial charge in [-0.25, -0.2) is 9.97 Å². The van der Waals surface area contributed by atoms with Gasteiger partial charge in [-0.15, -0.1) is 11.3 Å². The van der Waals surface area contributed by atoms with Crippen molar-refractivity contribution in [2.75, 3.05) is 18.4 Å². The van der Waals surface area contributed by atoms with Crippen molar-refractivity contribution in [2.45, 2.75) is 89.6 Å². The number of rotatable bonds is 8. The number of nitrogens with zero attached hydrogens (tertiary/aromatic N) is 4. The Kier molecular flexibility index (Phi) is 8.25. The van der Waals surface area contributed by atoms with Crippen LogP contribution in [0.4, 0.5) is 5.82 Å². The molecule has 2 aliphatic rings. The first-order chi connectivity index (χ1) is 17.2. The summed E-state index contributed by atoms with van der Waals surface area (Å²) in [6.45, 7) is 6.11. The van der Waals surface area contributed by atoms with E-state index in [2.05, 4.69) is 33.6 Å². The van der Waals surface area contributed by atoms with Crippen molar-refractivity contribution in [2.24, 2.45) is 0 Å². The number of aliphatic hydroxyl groups excluding tert-OH is 1. The number of nitriles is 1. The Morgan fingerprint density at radius 2 is 2.06 bits per heavy atom. The summed E-state index contributed by atoms with van der Waals surface area (Å²) < 4.78 is 0. The molecule has 4 rings (SSSR count). The Morgan fingerprint density at radius 3 is 2.69 bits per heavy atom. The molecular weight excluding hydrogens is 476 g/mol. The quantitative estimate of drug-likeness (QED) is 0.420. The van der Waals surface area contributed by atoms with E-state index in [4.69, 9.17) is 0 Å². The molecule has 36 heavy (non-hydrogen) atoms. The number of hydrogen-bond donors (Lipinski definition) is 4. The summed E-state index contributed by atoms with van der Waals surface area (Å²) >= 11 is 1.16. The second-order valence-corrected chi connectivity index (χ2v) is 11.5. The van der Waals surface area contributed by atoms with Crippen LogP contribution in [0.3, 0.4) is 0 Å². The summed E-state index contributed by atoms with van der Waals surface area (Å²) in [5.41, 5.74) is 0.395. The first-order valence-corrected chi connectivity index (χ1v) is 13.6. The van der Waals surface area contributed by atoms with Crippen molar-refractivity contribution in [1.29, 1.82) is 5.26 Å². The van der Waals surface area contributed by atoms with Gasteiger partial charge >= 0.3 is 0 Å². The smallest absolute Gasteiger partial charge is 0.280 e. The minimum atomic E-state index is -1.06. The third-order valence-corrected chi connectivity index (χ3v) is 8.03. The number of pyridine rings is 1. The lowest BCUT2D eigenvalue weighted by Gasteiger charge is -2.26. The molecule has 1 saturated carbocycles. The minimum Gasteiger partial charge on any atom is -0.389 e. The molecule has 4 N–H and O–H groups in total. The van der Waals surface area contributed by atoms with E-state index >= 15 is 0 Å². The lowest BCUT2D eigenvalue weighted by molar-refractivity contribution is -0.00522. The van der Waals surface area contributed by atoms with Crippen LogP contribution in [0.15, 0.2) is 12.3 Å². The SMILES string of the molecule is C[C@H]1CCCN1C(O)c1nc(C(=O)NCC(C)(C)O)sc1-c1cnc(NC2CCCCC2)c(C#N)c1. The van der Waals surface area contributed by atoms with Crippen LogP contribution >= 0.6 is 11.3 Å². The van der Waals surface area contributed by atoms with Crippen LogP contribution in [0.2, 0.25) is 0 Å². The van der Waals surface area contributed by atoms with Gasteiger partial charge in [-0.3, -0.25) is 9.69 Å². The van der Waals surface area contributed by atoms with Gasteiger partial charge in [-0.2, -0.15) is 5.26 Å². The fourth-order valence-corrected chi connectivity index (χ4v) is 5.88. The molecule has 2 fully saturated rings. The molecule has 1 amide bonds. The number of thiazole rings is 1. The Balaban J connectivity index is 1.67. The van der Waals surface area contributed by atoms with E-state index in [9.17, 15) is 20.3 Å². The average Bonchev–Trinajstić information content (AvgIpc) is 3.49. The summed E-state index contributed by atoms with van der Waals surface area (Å²) in [6.07, 6.45) is 8.40. The normalized spacial score (nSPS) is 20.2. The molecule has 2 aromatic rings. The van der Waals surface area contributed by atoms with E-state index in [0.29, 0.717) is 33.6 Å². The molecule has 1 aliphatic heterocycles. The van der Waals surface area contributed by atoms with E-state index in [-0.39, 0.29) is 17.6 Å². The van der Waals surface area contributed by atoms with Crippen LogP contribution < -0.4 is 10.6 Å². The number of aliphatic hydroxyl groups is 2. The zero-order valence-electron chi connectivity index (χ0n) is 21.3. The number of amides is 1. The van der Waals surface area contributed by atoms with Crippen LogP contribution in [-0.2, 0) is 0 Å². The highest BCUT2D eigenvalue weighted by Gasteiger charge is 2.32. The highest BCUT2D eigenvalue weighted by atomic mass is 32.1. The van der Waals surface area contributed by atoms with Gasteiger partial charge < -0.3 is 20.8 Å². The van der Waals surface area contributed by atoms with E-state index in [0.717, 1.165) is 43.6 Å². The number of carbonyl (C=O) groups is 1. The standard InChI is InChI=1S/C26H36N6O3S/c1-16-8-7-11-32(16)25(34)20-21(36-24(31-20)23(33)29-15-26(2,3)35)18-12-17(13-27)22(28-14-18)30-19-9-5-4-6-10-19/h12,14,16,19,25,34-35H,4-11,15H2,1-3H3,(H,28,30)(H,29,33)/t16-,25?/m0/s1. The van der Waals surface area contributed by atoms with Gasteiger partial charge in [0, 0.05) is 36.9 Å². The number of anilines is 1. The van der Waals surface area contributed by atoms with Gasteiger partial charge in [0.05, 0.1) is 16.0 Å². The number of likely N-dealkylation sites (tertiary alicyclic amines) is 1. The Labute approximate surface area is 216 Å². The Morgan fingerprint density at radius 1 is 1.31 bits per heavy atom. The topological polar surface area (TPSA) is 134 Å². The molecule has 2 atom stereocenters. The average molecular weight is 513 g/mol. The fourth-order valence-electron chi connectivity index (χ4n) is 4.89. The van der Waals surface area contributed by atoms with Gasteiger partial charge in [0.1, 0.15) is 17.6 Å². The van der Waals surface area contributed by atoms with Crippen LogP contribution in [-0.4, -0.2) is 61.8 Å². The summed E-state index contributed by atoms with van der Waals surface area (Å²) in [5, 5.41) is 37.5. The predicted molar refractivity (Wildman–Crippen MR) is 140 cm³/mol. The van der Waals surface area contributed by atoms with Crippen LogP contribution in [0.1, 0.15) is 93.0 Å². The van der Waals surface area contributed by atoms with Gasteiger partial charge in [0.25, 0.3) is 5.91 Å². The number of hydrogen-bond acceptors (Lipinski definition) is 9. The molecule has 1 unspecified atom stereocenters. The summed E-state index contributed by atoms with van der Waals surface area (Å²) in [6, 6.07) is 4.51. The minimum absolute atomic E-state index is 0.0729. The molecule has 3 heterocycles. The third kappa shape index (κ3) is 6.21. The van der Waals surface area contributed by atoms with Gasteiger partial charge in [0.2, 0.25) is 0 Å². The maximum absolute atomic E-state index is 12.8. The largest absolute Gasteiger partial charge is 0.389 e. The Bertz CT molecular complexity index is 1120. The van der Waals surface area contributed by atoms with Crippen molar-refractivity contribution < 1.29 is 15.0 Å². The zero-order valence-corrected chi connectivity index (χ0v) is 22.1. The van der Waals surface area contributed by atoms with Gasteiger partial charge in [0.15, 0.2) is 11.2 Å². The summed E-state index contributed by atoms with van der Waals surface area (Å²) in [5.74, 6) is 0.149. The first kappa shape index (κ1) is 26.5. The monoisotopic (exact) mass is 512 g/mol. The molecule has 0 spiro atoms. The number of nitrogens with one attached hydrogen (secondary N) is 2. The molecule has 9 nitrogen and oxygen atoms in total. The maximum Gasteiger partial charge on any atom is 0.280 e. The van der Waals surface area contributed by atoms with E-state index < -0.39 is 17.7 Å². The Hall–Kier alpha value is -2.58. The van der Waals surface area contributed by atoms with E-state index in [1.165, 1.54) is 19.3 Å². The second kappa shape index (κ2) is 11.2. The molecule has 10 heteroatoms. The number of aromatic nitrogens is 2. The molecule has 2 aromatic heterocycles. The third-order valence-electron chi connectivity index (χ3n) is 6.91. The van der Waals surface area contributed by atoms with Crippen molar-refractivity contribution in [3.05, 3.63) is 28.5 Å². The highest BCUT2D eigenvalue weighted by molar-refractivity contribution is 7.17. The lowest BCUT2D eigenvalue weighted by Crippen LogP contribution is -2.38. The van der Waals surface area contributed by atoms with Gasteiger partial charge in [-0.1, -0.05) is 19.3 Å². The maximum atomic E-state index is 12.8. The predicted octanol–water partition coefficient (Wildman–Crippen LogP) is 3.80. The van der Waals surface area contributed by atoms with Crippen LogP contribution in [0.5, 0.6) is 0 Å². The summed E-state index contributed by atoms with van der Waals surface area (Å²) in [7, 11) is 0. The molecule has 1 aliphatic carbocycles. The fraction of sp³-hybridized carbons (Fsp3) is 0.615. The van der Waals surface area contributed by atoms with Crippen molar-refractivity contribution in [3.8, 4) is 16.5 Å². The molecule has 0 radical (unpaired) electrons. The first-order valence-electron chi connectivity index (χ1n) is 12.8. The molecule has 0 aromatic carbocycles. The van der Waals surface area contributed by atoms with Crippen LogP contribution in [0.25, 0.3) is 10.4 Å². The summed E-state index contributed by atoms with van der Waals surface area (Å²) in [4.78, 5) is 24.6. The van der Waals surface area contributed by atoms with Crippen LogP contribution in [0, 0.1) is 11.3 Å². The molecule has 194 valence electrons. The van der Waals surface area contributed by atoms with Crippen molar-refractivity contribution >= 4 is 23.1 Å². The van der Waals surface area contributed by atoms with E-state index in [1.54, 1.807) is 26.1 Å². The van der Waals surface area contributed by atoms with Gasteiger partial charge in [-0.05, 0) is 52.5 Å². The molecule has 0 bridgehead atoms. The van der Waals surface area contributed by atoms with E-state index in [1.807, 2.05) is 4.90 Å².